The van der Waals surface area contributed by atoms with E-state index < -0.39 is 0 Å². The second-order valence-corrected chi connectivity index (χ2v) is 6.45. The molecule has 0 radical (unpaired) electrons. The van der Waals surface area contributed by atoms with Crippen LogP contribution < -0.4 is 11.1 Å². The standard InChI is InChI=1S/C22H17N5O/c23-12-16-7-10-20-18(11-16)14-27(26-20)13-15-5-8-17(9-6-15)22(28)25-21-4-2-1-3-19(21)24/h1-11,14H,13,24H2,(H,25,28). The van der Waals surface area contributed by atoms with Gasteiger partial charge in [-0.1, -0.05) is 24.3 Å². The van der Waals surface area contributed by atoms with Crippen LogP contribution in [0.2, 0.25) is 0 Å². The van der Waals surface area contributed by atoms with Gasteiger partial charge in [0.05, 0.1) is 35.1 Å². The van der Waals surface area contributed by atoms with Gasteiger partial charge in [0, 0.05) is 17.1 Å². The number of carbonyl (C=O) groups excluding carboxylic acids is 1. The van der Waals surface area contributed by atoms with Gasteiger partial charge in [-0.25, -0.2) is 0 Å². The molecule has 0 aliphatic rings. The fraction of sp³-hybridized carbons (Fsp3) is 0.0455. The number of nitrogens with zero attached hydrogens (tertiary/aromatic N) is 3. The Bertz CT molecular complexity index is 1200. The van der Waals surface area contributed by atoms with Gasteiger partial charge >= 0.3 is 0 Å². The maximum absolute atomic E-state index is 12.4. The molecule has 0 atom stereocenters. The van der Waals surface area contributed by atoms with Gasteiger partial charge < -0.3 is 11.1 Å². The minimum Gasteiger partial charge on any atom is -0.397 e. The third-order valence-electron chi connectivity index (χ3n) is 4.45. The van der Waals surface area contributed by atoms with Gasteiger partial charge in [-0.2, -0.15) is 10.4 Å². The van der Waals surface area contributed by atoms with E-state index in [4.69, 9.17) is 11.0 Å². The number of para-hydroxylation sites is 2. The van der Waals surface area contributed by atoms with E-state index in [1.54, 1.807) is 30.3 Å². The molecule has 1 heterocycles. The lowest BCUT2D eigenvalue weighted by molar-refractivity contribution is 0.102. The van der Waals surface area contributed by atoms with E-state index in [1.807, 2.05) is 47.3 Å². The fourth-order valence-corrected chi connectivity index (χ4v) is 2.98. The molecule has 4 aromatic rings. The van der Waals surface area contributed by atoms with Crippen molar-refractivity contribution in [3.8, 4) is 6.07 Å². The molecule has 0 fully saturated rings. The van der Waals surface area contributed by atoms with Crippen molar-refractivity contribution >= 4 is 28.2 Å². The molecule has 1 aromatic heterocycles. The van der Waals surface area contributed by atoms with Crippen LogP contribution in [0.25, 0.3) is 10.9 Å². The van der Waals surface area contributed by atoms with Crippen LogP contribution in [0.4, 0.5) is 11.4 Å². The van der Waals surface area contributed by atoms with E-state index in [-0.39, 0.29) is 5.91 Å². The Morgan fingerprint density at radius 1 is 1.11 bits per heavy atom. The molecule has 4 rings (SSSR count). The largest absolute Gasteiger partial charge is 0.397 e. The number of nitrogens with two attached hydrogens (primary N) is 1. The van der Waals surface area contributed by atoms with Gasteiger partial charge in [-0.3, -0.25) is 9.48 Å². The summed E-state index contributed by atoms with van der Waals surface area (Å²) in [7, 11) is 0. The van der Waals surface area contributed by atoms with Gasteiger partial charge in [0.1, 0.15) is 0 Å². The van der Waals surface area contributed by atoms with Gasteiger partial charge in [-0.15, -0.1) is 0 Å². The Kier molecular flexibility index (Phi) is 4.48. The van der Waals surface area contributed by atoms with Gasteiger partial charge in [-0.05, 0) is 48.0 Å². The van der Waals surface area contributed by atoms with E-state index in [0.717, 1.165) is 16.5 Å². The average Bonchev–Trinajstić information content (AvgIpc) is 3.11. The van der Waals surface area contributed by atoms with Crippen molar-refractivity contribution in [1.82, 2.24) is 9.78 Å². The first kappa shape index (κ1) is 17.3. The van der Waals surface area contributed by atoms with Crippen LogP contribution >= 0.6 is 0 Å². The molecule has 6 heteroatoms. The number of fused-ring (bicyclic) bond motifs is 1. The lowest BCUT2D eigenvalue weighted by Gasteiger charge is -2.08. The lowest BCUT2D eigenvalue weighted by Crippen LogP contribution is -2.13. The van der Waals surface area contributed by atoms with E-state index in [2.05, 4.69) is 16.5 Å². The van der Waals surface area contributed by atoms with Crippen LogP contribution in [0.15, 0.2) is 72.9 Å². The average molecular weight is 367 g/mol. The predicted molar refractivity (Wildman–Crippen MR) is 109 cm³/mol. The van der Waals surface area contributed by atoms with Crippen LogP contribution in [-0.2, 0) is 6.54 Å². The zero-order valence-electron chi connectivity index (χ0n) is 15.0. The maximum Gasteiger partial charge on any atom is 0.255 e. The zero-order valence-corrected chi connectivity index (χ0v) is 15.0. The summed E-state index contributed by atoms with van der Waals surface area (Å²) in [6.45, 7) is 0.574. The van der Waals surface area contributed by atoms with Crippen molar-refractivity contribution in [2.75, 3.05) is 11.1 Å². The van der Waals surface area contributed by atoms with Crippen molar-refractivity contribution in [3.05, 3.63) is 89.6 Å². The van der Waals surface area contributed by atoms with Crippen LogP contribution in [-0.4, -0.2) is 15.7 Å². The number of rotatable bonds is 4. The van der Waals surface area contributed by atoms with E-state index in [1.165, 1.54) is 0 Å². The summed E-state index contributed by atoms with van der Waals surface area (Å²) in [5, 5.41) is 17.3. The summed E-state index contributed by atoms with van der Waals surface area (Å²) in [5.41, 5.74) is 10.0. The van der Waals surface area contributed by atoms with Crippen molar-refractivity contribution in [2.45, 2.75) is 6.54 Å². The number of nitrogen functional groups attached to an aromatic ring is 1. The summed E-state index contributed by atoms with van der Waals surface area (Å²) >= 11 is 0. The van der Waals surface area contributed by atoms with Gasteiger partial charge in [0.25, 0.3) is 5.91 Å². The monoisotopic (exact) mass is 367 g/mol. The van der Waals surface area contributed by atoms with Crippen LogP contribution in [0.3, 0.4) is 0 Å². The van der Waals surface area contributed by atoms with Crippen molar-refractivity contribution < 1.29 is 4.79 Å². The summed E-state index contributed by atoms with van der Waals surface area (Å²) in [4.78, 5) is 12.4. The minimum atomic E-state index is -0.210. The summed E-state index contributed by atoms with van der Waals surface area (Å²) in [6, 6.07) is 22.1. The number of nitrogens with one attached hydrogen (secondary N) is 1. The second kappa shape index (κ2) is 7.25. The number of carbonyl (C=O) groups is 1. The van der Waals surface area contributed by atoms with E-state index in [9.17, 15) is 4.79 Å². The number of aromatic nitrogens is 2. The summed E-state index contributed by atoms with van der Waals surface area (Å²) in [5.74, 6) is -0.210. The molecule has 28 heavy (non-hydrogen) atoms. The number of benzene rings is 3. The molecule has 0 bridgehead atoms. The van der Waals surface area contributed by atoms with Crippen molar-refractivity contribution in [1.29, 1.82) is 5.26 Å². The Hall–Kier alpha value is -4.11. The molecular formula is C22H17N5O. The van der Waals surface area contributed by atoms with Crippen LogP contribution in [0, 0.1) is 11.3 Å². The molecule has 3 N–H and O–H groups in total. The van der Waals surface area contributed by atoms with Crippen molar-refractivity contribution in [3.63, 3.8) is 0 Å². The molecule has 0 saturated carbocycles. The second-order valence-electron chi connectivity index (χ2n) is 6.45. The molecule has 6 nitrogen and oxygen atoms in total. The normalized spacial score (nSPS) is 10.5. The number of hydrogen-bond donors (Lipinski definition) is 2. The molecule has 1 amide bonds. The van der Waals surface area contributed by atoms with Crippen molar-refractivity contribution in [2.24, 2.45) is 0 Å². The van der Waals surface area contributed by atoms with Crippen LogP contribution in [0.5, 0.6) is 0 Å². The molecule has 3 aromatic carbocycles. The van der Waals surface area contributed by atoms with Crippen LogP contribution in [0.1, 0.15) is 21.5 Å². The van der Waals surface area contributed by atoms with E-state index in [0.29, 0.717) is 29.0 Å². The third-order valence-corrected chi connectivity index (χ3v) is 4.45. The number of nitriles is 1. The topological polar surface area (TPSA) is 96.7 Å². The number of amides is 1. The highest BCUT2D eigenvalue weighted by Crippen LogP contribution is 2.19. The number of anilines is 2. The molecule has 136 valence electrons. The first-order valence-corrected chi connectivity index (χ1v) is 8.74. The Morgan fingerprint density at radius 2 is 1.89 bits per heavy atom. The maximum atomic E-state index is 12.4. The SMILES string of the molecule is N#Cc1ccc2nn(Cc3ccc(C(=O)Nc4ccccc4N)cc3)cc2c1. The number of hydrogen-bond acceptors (Lipinski definition) is 4. The first-order valence-electron chi connectivity index (χ1n) is 8.74. The fourth-order valence-electron chi connectivity index (χ4n) is 2.98. The summed E-state index contributed by atoms with van der Waals surface area (Å²) < 4.78 is 1.82. The Labute approximate surface area is 161 Å². The molecule has 0 unspecified atom stereocenters. The molecule has 0 spiro atoms. The molecular weight excluding hydrogens is 350 g/mol. The highest BCUT2D eigenvalue weighted by molar-refractivity contribution is 6.05. The molecule has 0 saturated heterocycles. The Balaban J connectivity index is 1.48. The highest BCUT2D eigenvalue weighted by atomic mass is 16.1. The quantitative estimate of drug-likeness (QED) is 0.536. The Morgan fingerprint density at radius 3 is 2.64 bits per heavy atom. The van der Waals surface area contributed by atoms with Gasteiger partial charge in [0.2, 0.25) is 0 Å². The van der Waals surface area contributed by atoms with Gasteiger partial charge in [0.15, 0.2) is 0 Å². The lowest BCUT2D eigenvalue weighted by atomic mass is 10.1. The molecule has 0 aliphatic carbocycles. The summed E-state index contributed by atoms with van der Waals surface area (Å²) in [6.07, 6.45) is 1.91. The smallest absolute Gasteiger partial charge is 0.255 e. The first-order chi connectivity index (χ1) is 13.6. The zero-order chi connectivity index (χ0) is 19.5. The third kappa shape index (κ3) is 3.55. The predicted octanol–water partition coefficient (Wildman–Crippen LogP) is 3.79. The van der Waals surface area contributed by atoms with E-state index >= 15 is 0 Å². The molecule has 0 aliphatic heterocycles. The minimum absolute atomic E-state index is 0.210. The highest BCUT2D eigenvalue weighted by Gasteiger charge is 2.08.